The van der Waals surface area contributed by atoms with Crippen LogP contribution in [0.3, 0.4) is 0 Å². The summed E-state index contributed by atoms with van der Waals surface area (Å²) in [4.78, 5) is 41.3. The lowest BCUT2D eigenvalue weighted by atomic mass is 10.1. The van der Waals surface area contributed by atoms with Crippen molar-refractivity contribution >= 4 is 27.5 Å². The molecular weight excluding hydrogens is 398 g/mol. The second-order valence-corrected chi connectivity index (χ2v) is 9.03. The summed E-state index contributed by atoms with van der Waals surface area (Å²) < 4.78 is 2.70. The van der Waals surface area contributed by atoms with Crippen LogP contribution in [0.15, 0.2) is 33.9 Å². The van der Waals surface area contributed by atoms with Crippen molar-refractivity contribution in [3.63, 3.8) is 0 Å². The second kappa shape index (κ2) is 8.22. The molecule has 2 heterocycles. The Bertz CT molecular complexity index is 1220. The summed E-state index contributed by atoms with van der Waals surface area (Å²) in [6.45, 7) is 5.91. The number of fused-ring (bicyclic) bond motifs is 3. The lowest BCUT2D eigenvalue weighted by molar-refractivity contribution is -0.122. The zero-order chi connectivity index (χ0) is 21.4. The molecule has 0 bridgehead atoms. The summed E-state index contributed by atoms with van der Waals surface area (Å²) in [5.41, 5.74) is 1.99. The van der Waals surface area contributed by atoms with Gasteiger partial charge in [0.1, 0.15) is 11.4 Å². The first kappa shape index (κ1) is 20.6. The number of thiophene rings is 1. The molecule has 4 rings (SSSR count). The average Bonchev–Trinajstić information content (AvgIpc) is 3.33. The minimum absolute atomic E-state index is 0.0320. The van der Waals surface area contributed by atoms with Crippen molar-refractivity contribution in [2.75, 3.05) is 0 Å². The summed E-state index contributed by atoms with van der Waals surface area (Å²) >= 11 is 1.49. The molecule has 0 radical (unpaired) electrons. The topological polar surface area (TPSA) is 73.1 Å². The van der Waals surface area contributed by atoms with Crippen LogP contribution >= 0.6 is 11.3 Å². The second-order valence-electron chi connectivity index (χ2n) is 7.94. The highest BCUT2D eigenvalue weighted by Crippen LogP contribution is 2.35. The summed E-state index contributed by atoms with van der Waals surface area (Å²) in [6, 6.07) is 7.52. The molecule has 1 unspecified atom stereocenters. The lowest BCUT2D eigenvalue weighted by Crippen LogP contribution is -2.42. The molecule has 6 nitrogen and oxygen atoms in total. The third kappa shape index (κ3) is 3.51. The Balaban J connectivity index is 1.92. The van der Waals surface area contributed by atoms with E-state index in [-0.39, 0.29) is 24.1 Å². The van der Waals surface area contributed by atoms with Gasteiger partial charge in [0.05, 0.1) is 11.1 Å². The van der Waals surface area contributed by atoms with Gasteiger partial charge in [0, 0.05) is 10.9 Å². The van der Waals surface area contributed by atoms with Crippen molar-refractivity contribution in [1.82, 2.24) is 14.5 Å². The molecule has 1 aliphatic rings. The van der Waals surface area contributed by atoms with E-state index in [2.05, 4.69) is 12.2 Å². The van der Waals surface area contributed by atoms with Crippen LogP contribution in [0.5, 0.6) is 0 Å². The molecular formula is C23H27N3O3S. The summed E-state index contributed by atoms with van der Waals surface area (Å²) in [5, 5.41) is 3.53. The van der Waals surface area contributed by atoms with Crippen molar-refractivity contribution in [2.45, 2.75) is 65.5 Å². The van der Waals surface area contributed by atoms with Gasteiger partial charge < -0.3 is 5.32 Å². The number of nitrogens with zero attached hydrogens (tertiary/aromatic N) is 2. The number of aromatic nitrogens is 2. The van der Waals surface area contributed by atoms with Crippen molar-refractivity contribution < 1.29 is 4.79 Å². The van der Waals surface area contributed by atoms with Crippen LogP contribution in [0, 0.1) is 0 Å². The number of benzene rings is 1. The number of hydrogen-bond donors (Lipinski definition) is 1. The van der Waals surface area contributed by atoms with E-state index in [1.54, 1.807) is 0 Å². The van der Waals surface area contributed by atoms with Crippen LogP contribution in [0.1, 0.15) is 49.6 Å². The average molecular weight is 426 g/mol. The lowest BCUT2D eigenvalue weighted by Gasteiger charge is -2.15. The third-order valence-corrected chi connectivity index (χ3v) is 7.23. The van der Waals surface area contributed by atoms with E-state index < -0.39 is 5.69 Å². The molecule has 0 spiro atoms. The molecule has 158 valence electrons. The van der Waals surface area contributed by atoms with Crippen LogP contribution in [0.2, 0.25) is 0 Å². The number of aryl methyl sites for hydroxylation is 3. The molecule has 7 heteroatoms. The molecule has 2 aromatic heterocycles. The standard InChI is InChI=1S/C23H27N3O3S/c1-4-14(3)24-19(27)13-25-22-20(17-7-6-8-18(17)30-22)21(28)26(23(25)29)16-11-9-15(5-2)10-12-16/h9-12,14H,4-8,13H2,1-3H3,(H,24,27). The van der Waals surface area contributed by atoms with Crippen LogP contribution in [-0.4, -0.2) is 21.1 Å². The van der Waals surface area contributed by atoms with Gasteiger partial charge in [0.2, 0.25) is 5.91 Å². The van der Waals surface area contributed by atoms with E-state index in [1.165, 1.54) is 20.5 Å². The van der Waals surface area contributed by atoms with Gasteiger partial charge in [0.25, 0.3) is 5.56 Å². The predicted molar refractivity (Wildman–Crippen MR) is 121 cm³/mol. The third-order valence-electron chi connectivity index (χ3n) is 5.91. The number of nitrogens with one attached hydrogen (secondary N) is 1. The fraction of sp³-hybridized carbons (Fsp3) is 0.435. The summed E-state index contributed by atoms with van der Waals surface area (Å²) in [5.74, 6) is -0.215. The maximum atomic E-state index is 13.4. The normalized spacial score (nSPS) is 14.1. The summed E-state index contributed by atoms with van der Waals surface area (Å²) in [6.07, 6.45) is 4.48. The molecule has 30 heavy (non-hydrogen) atoms. The van der Waals surface area contributed by atoms with Gasteiger partial charge in [-0.1, -0.05) is 26.0 Å². The maximum Gasteiger partial charge on any atom is 0.337 e. The van der Waals surface area contributed by atoms with Gasteiger partial charge in [-0.15, -0.1) is 11.3 Å². The Morgan fingerprint density at radius 2 is 1.90 bits per heavy atom. The Labute approximate surface area is 179 Å². The largest absolute Gasteiger partial charge is 0.352 e. The minimum Gasteiger partial charge on any atom is -0.352 e. The van der Waals surface area contributed by atoms with Crippen LogP contribution < -0.4 is 16.6 Å². The summed E-state index contributed by atoms with van der Waals surface area (Å²) in [7, 11) is 0. The molecule has 0 aliphatic heterocycles. The Morgan fingerprint density at radius 3 is 2.57 bits per heavy atom. The molecule has 1 amide bonds. The van der Waals surface area contributed by atoms with Crippen LogP contribution in [0.4, 0.5) is 0 Å². The highest BCUT2D eigenvalue weighted by Gasteiger charge is 2.26. The fourth-order valence-corrected chi connectivity index (χ4v) is 5.39. The van der Waals surface area contributed by atoms with Crippen LogP contribution in [0.25, 0.3) is 15.9 Å². The number of carbonyl (C=O) groups excluding carboxylic acids is 1. The van der Waals surface area contributed by atoms with Gasteiger partial charge in [-0.2, -0.15) is 0 Å². The van der Waals surface area contributed by atoms with Crippen molar-refractivity contribution in [3.8, 4) is 5.69 Å². The predicted octanol–water partition coefficient (Wildman–Crippen LogP) is 3.18. The molecule has 0 fully saturated rings. The highest BCUT2D eigenvalue weighted by atomic mass is 32.1. The zero-order valence-electron chi connectivity index (χ0n) is 17.7. The number of rotatable bonds is 6. The van der Waals surface area contributed by atoms with Gasteiger partial charge in [-0.25, -0.2) is 9.36 Å². The van der Waals surface area contributed by atoms with E-state index in [0.29, 0.717) is 15.9 Å². The molecule has 1 aliphatic carbocycles. The SMILES string of the molecule is CCc1ccc(-n2c(=O)c3c4c(sc3n(CC(=O)NC(C)CC)c2=O)CCC4)cc1. The maximum absolute atomic E-state index is 13.4. The first-order chi connectivity index (χ1) is 14.4. The van der Waals surface area contributed by atoms with E-state index in [0.717, 1.165) is 48.1 Å². The van der Waals surface area contributed by atoms with Gasteiger partial charge >= 0.3 is 5.69 Å². The van der Waals surface area contributed by atoms with Gasteiger partial charge in [0.15, 0.2) is 0 Å². The number of hydrogen-bond acceptors (Lipinski definition) is 4. The van der Waals surface area contributed by atoms with Gasteiger partial charge in [-0.05, 0) is 62.3 Å². The van der Waals surface area contributed by atoms with Crippen molar-refractivity contribution in [3.05, 3.63) is 61.1 Å². The Hall–Kier alpha value is -2.67. The number of carbonyl (C=O) groups is 1. The molecule has 1 aromatic carbocycles. The smallest absolute Gasteiger partial charge is 0.337 e. The molecule has 0 saturated heterocycles. The molecule has 1 atom stereocenters. The highest BCUT2D eigenvalue weighted by molar-refractivity contribution is 7.19. The minimum atomic E-state index is -0.462. The molecule has 3 aromatic rings. The van der Waals surface area contributed by atoms with Gasteiger partial charge in [-0.3, -0.25) is 14.2 Å². The van der Waals surface area contributed by atoms with Crippen molar-refractivity contribution in [2.24, 2.45) is 0 Å². The fourth-order valence-electron chi connectivity index (χ4n) is 4.02. The van der Waals surface area contributed by atoms with Crippen molar-refractivity contribution in [1.29, 1.82) is 0 Å². The van der Waals surface area contributed by atoms with E-state index in [1.807, 2.05) is 38.1 Å². The first-order valence-corrected chi connectivity index (χ1v) is 11.4. The van der Waals surface area contributed by atoms with Crippen LogP contribution in [-0.2, 0) is 30.6 Å². The first-order valence-electron chi connectivity index (χ1n) is 10.6. The number of amides is 1. The van der Waals surface area contributed by atoms with E-state index in [9.17, 15) is 14.4 Å². The molecule has 0 saturated carbocycles. The zero-order valence-corrected chi connectivity index (χ0v) is 18.5. The Morgan fingerprint density at radius 1 is 1.17 bits per heavy atom. The van der Waals surface area contributed by atoms with E-state index in [4.69, 9.17) is 0 Å². The Kier molecular flexibility index (Phi) is 5.64. The quantitative estimate of drug-likeness (QED) is 0.659. The molecule has 1 N–H and O–H groups in total. The van der Waals surface area contributed by atoms with E-state index >= 15 is 0 Å². The monoisotopic (exact) mass is 425 g/mol.